The fraction of sp³-hybridized carbons (Fsp3) is 0.889. The van der Waals surface area contributed by atoms with Crippen LogP contribution < -0.4 is 0 Å². The van der Waals surface area contributed by atoms with Gasteiger partial charge in [0, 0.05) is 7.11 Å². The second kappa shape index (κ2) is 8.84. The number of hydrogen-bond donors (Lipinski definition) is 2. The summed E-state index contributed by atoms with van der Waals surface area (Å²) in [6.07, 6.45) is 6.25. The van der Waals surface area contributed by atoms with Gasteiger partial charge in [-0.3, -0.25) is 0 Å². The summed E-state index contributed by atoms with van der Waals surface area (Å²) in [5.74, 6) is 1.98. The lowest BCUT2D eigenvalue weighted by molar-refractivity contribution is 0.0119. The van der Waals surface area contributed by atoms with Crippen molar-refractivity contribution in [2.45, 2.75) is 79.2 Å². The Morgan fingerprint density at radius 2 is 1.40 bits per heavy atom. The maximum Gasteiger partial charge on any atom is 0.0622 e. The highest BCUT2D eigenvalue weighted by atomic mass is 16.3. The van der Waals surface area contributed by atoms with Crippen molar-refractivity contribution < 1.29 is 10.2 Å². The van der Waals surface area contributed by atoms with Crippen LogP contribution >= 0.6 is 0 Å². The highest BCUT2D eigenvalue weighted by Gasteiger charge is 2.35. The molecule has 3 unspecified atom stereocenters. The molecule has 0 aromatic rings. The topological polar surface area (TPSA) is 40.5 Å². The van der Waals surface area contributed by atoms with Crippen LogP contribution in [-0.4, -0.2) is 22.9 Å². The third-order valence-electron chi connectivity index (χ3n) is 4.86. The molecule has 0 aliphatic heterocycles. The molecule has 0 saturated heterocycles. The minimum absolute atomic E-state index is 0.461. The van der Waals surface area contributed by atoms with E-state index in [0.29, 0.717) is 5.92 Å². The fourth-order valence-corrected chi connectivity index (χ4v) is 3.51. The summed E-state index contributed by atoms with van der Waals surface area (Å²) in [5.41, 5.74) is 2.92. The van der Waals surface area contributed by atoms with Gasteiger partial charge in [0.25, 0.3) is 0 Å². The Morgan fingerprint density at radius 3 is 1.90 bits per heavy atom. The Balaban J connectivity index is 0.000000829. The van der Waals surface area contributed by atoms with Gasteiger partial charge < -0.3 is 10.2 Å². The van der Waals surface area contributed by atoms with Gasteiger partial charge in [-0.2, -0.15) is 0 Å². The van der Waals surface area contributed by atoms with E-state index >= 15 is 0 Å². The number of allylic oxidation sites excluding steroid dienone is 2. The van der Waals surface area contributed by atoms with Crippen molar-refractivity contribution in [1.29, 1.82) is 0 Å². The van der Waals surface area contributed by atoms with Crippen LogP contribution in [0.1, 0.15) is 73.6 Å². The molecule has 0 spiro atoms. The maximum absolute atomic E-state index is 10.2. The Hall–Kier alpha value is -0.340. The molecule has 3 atom stereocenters. The zero-order valence-electron chi connectivity index (χ0n) is 14.7. The molecule has 20 heavy (non-hydrogen) atoms. The van der Waals surface area contributed by atoms with E-state index in [1.165, 1.54) is 25.7 Å². The predicted octanol–water partition coefficient (Wildman–Crippen LogP) is 4.55. The van der Waals surface area contributed by atoms with Gasteiger partial charge >= 0.3 is 0 Å². The normalized spacial score (nSPS) is 29.6. The molecule has 0 amide bonds. The van der Waals surface area contributed by atoms with Crippen LogP contribution in [0, 0.1) is 17.8 Å². The molecule has 2 nitrogen and oxygen atoms in total. The molecular formula is C18H36O2. The average molecular weight is 284 g/mol. The molecule has 0 heterocycles. The molecule has 0 fully saturated rings. The Kier molecular flexibility index (Phi) is 8.69. The van der Waals surface area contributed by atoms with Gasteiger partial charge in [0.1, 0.15) is 0 Å². The van der Waals surface area contributed by atoms with Crippen molar-refractivity contribution in [3.05, 3.63) is 11.1 Å². The molecule has 2 rings (SSSR count). The smallest absolute Gasteiger partial charge is 0.0622 e. The zero-order valence-corrected chi connectivity index (χ0v) is 14.7. The standard InChI is InChI=1S/C15H26O.C2H6.CH4O/c1-10-5-7-12(15(3,4)16)9-14-11(2)6-8-13(10)14;2*1-2/h10-12,16H,5-9H2,1-4H3;1-2H3;2H,1H3. The van der Waals surface area contributed by atoms with E-state index in [9.17, 15) is 5.11 Å². The largest absolute Gasteiger partial charge is 0.400 e. The summed E-state index contributed by atoms with van der Waals surface area (Å²) in [6, 6.07) is 0. The molecule has 0 aromatic heterocycles. The SMILES string of the molecule is CC.CC1CCC(C(C)(C)O)CC2=C1CCC2C.CO. The van der Waals surface area contributed by atoms with Crippen molar-refractivity contribution in [3.63, 3.8) is 0 Å². The third kappa shape index (κ3) is 4.89. The Labute approximate surface area is 126 Å². The van der Waals surface area contributed by atoms with E-state index < -0.39 is 5.60 Å². The predicted molar refractivity (Wildman–Crippen MR) is 87.7 cm³/mol. The first-order valence-electron chi connectivity index (χ1n) is 8.28. The van der Waals surface area contributed by atoms with E-state index in [-0.39, 0.29) is 0 Å². The summed E-state index contributed by atoms with van der Waals surface area (Å²) >= 11 is 0. The summed E-state index contributed by atoms with van der Waals surface area (Å²) in [7, 11) is 1.00. The third-order valence-corrected chi connectivity index (χ3v) is 4.86. The Morgan fingerprint density at radius 1 is 0.900 bits per heavy atom. The van der Waals surface area contributed by atoms with Crippen LogP contribution in [0.15, 0.2) is 11.1 Å². The molecule has 2 aliphatic rings. The van der Waals surface area contributed by atoms with Crippen molar-refractivity contribution in [2.24, 2.45) is 17.8 Å². The molecule has 2 heteroatoms. The highest BCUT2D eigenvalue weighted by Crippen LogP contribution is 2.45. The fourth-order valence-electron chi connectivity index (χ4n) is 3.51. The van der Waals surface area contributed by atoms with Gasteiger partial charge in [0.2, 0.25) is 0 Å². The lowest BCUT2D eigenvalue weighted by Crippen LogP contribution is -2.31. The quantitative estimate of drug-likeness (QED) is 0.693. The molecule has 0 bridgehead atoms. The van der Waals surface area contributed by atoms with Crippen LogP contribution in [0.4, 0.5) is 0 Å². The number of aliphatic hydroxyl groups is 2. The van der Waals surface area contributed by atoms with E-state index in [0.717, 1.165) is 25.4 Å². The van der Waals surface area contributed by atoms with Crippen LogP contribution in [-0.2, 0) is 0 Å². The summed E-state index contributed by atoms with van der Waals surface area (Å²) < 4.78 is 0. The van der Waals surface area contributed by atoms with Crippen molar-refractivity contribution in [1.82, 2.24) is 0 Å². The molecule has 120 valence electrons. The summed E-state index contributed by atoms with van der Waals surface area (Å²) in [4.78, 5) is 0. The van der Waals surface area contributed by atoms with Gasteiger partial charge in [-0.15, -0.1) is 0 Å². The maximum atomic E-state index is 10.2. The molecule has 0 aromatic carbocycles. The number of rotatable bonds is 1. The van der Waals surface area contributed by atoms with Crippen LogP contribution in [0.5, 0.6) is 0 Å². The van der Waals surface area contributed by atoms with Crippen LogP contribution in [0.25, 0.3) is 0 Å². The molecule has 0 radical (unpaired) electrons. The van der Waals surface area contributed by atoms with Gasteiger partial charge in [-0.25, -0.2) is 0 Å². The monoisotopic (exact) mass is 284 g/mol. The minimum atomic E-state index is -0.509. The zero-order chi connectivity index (χ0) is 15.9. The van der Waals surface area contributed by atoms with E-state index in [4.69, 9.17) is 5.11 Å². The minimum Gasteiger partial charge on any atom is -0.400 e. The highest BCUT2D eigenvalue weighted by molar-refractivity contribution is 5.26. The first-order valence-corrected chi connectivity index (χ1v) is 8.28. The second-order valence-corrected chi connectivity index (χ2v) is 6.52. The Bertz CT molecular complexity index is 299. The molecule has 2 N–H and O–H groups in total. The first kappa shape index (κ1) is 19.7. The molecule has 2 aliphatic carbocycles. The first-order chi connectivity index (χ1) is 9.39. The van der Waals surface area contributed by atoms with Crippen molar-refractivity contribution in [3.8, 4) is 0 Å². The average Bonchev–Trinajstić information content (AvgIpc) is 2.69. The van der Waals surface area contributed by atoms with Gasteiger partial charge in [-0.1, -0.05) is 38.8 Å². The molecule has 0 saturated carbocycles. The summed E-state index contributed by atoms with van der Waals surface area (Å²) in [6.45, 7) is 12.7. The lowest BCUT2D eigenvalue weighted by Gasteiger charge is -2.30. The van der Waals surface area contributed by atoms with Crippen LogP contribution in [0.3, 0.4) is 0 Å². The number of hydrogen-bond acceptors (Lipinski definition) is 2. The van der Waals surface area contributed by atoms with Gasteiger partial charge in [0.05, 0.1) is 5.60 Å². The van der Waals surface area contributed by atoms with E-state index in [2.05, 4.69) is 13.8 Å². The lowest BCUT2D eigenvalue weighted by atomic mass is 9.81. The molecular weight excluding hydrogens is 248 g/mol. The van der Waals surface area contributed by atoms with Crippen molar-refractivity contribution >= 4 is 0 Å². The van der Waals surface area contributed by atoms with E-state index in [1.54, 1.807) is 11.1 Å². The van der Waals surface area contributed by atoms with Gasteiger partial charge in [-0.05, 0) is 63.7 Å². The number of aliphatic hydroxyl groups excluding tert-OH is 1. The van der Waals surface area contributed by atoms with Crippen molar-refractivity contribution in [2.75, 3.05) is 7.11 Å². The van der Waals surface area contributed by atoms with E-state index in [1.807, 2.05) is 27.7 Å². The van der Waals surface area contributed by atoms with Crippen LogP contribution in [0.2, 0.25) is 0 Å². The summed E-state index contributed by atoms with van der Waals surface area (Å²) in [5, 5.41) is 17.2. The second-order valence-electron chi connectivity index (χ2n) is 6.52. The van der Waals surface area contributed by atoms with Gasteiger partial charge in [0.15, 0.2) is 0 Å².